The summed E-state index contributed by atoms with van der Waals surface area (Å²) < 4.78 is 3.34. The van der Waals surface area contributed by atoms with Gasteiger partial charge in [-0.15, -0.1) is 24.8 Å². The van der Waals surface area contributed by atoms with Gasteiger partial charge in [-0.05, 0) is 62.0 Å². The summed E-state index contributed by atoms with van der Waals surface area (Å²) in [6, 6.07) is 7.35. The summed E-state index contributed by atoms with van der Waals surface area (Å²) in [5.41, 5.74) is 1.55. The van der Waals surface area contributed by atoms with Gasteiger partial charge in [-0.2, -0.15) is 5.10 Å². The van der Waals surface area contributed by atoms with Crippen LogP contribution in [0.3, 0.4) is 0 Å². The van der Waals surface area contributed by atoms with Crippen molar-refractivity contribution in [3.05, 3.63) is 76.1 Å². The number of pyridine rings is 2. The van der Waals surface area contributed by atoms with Crippen LogP contribution >= 0.6 is 24.8 Å². The fourth-order valence-electron chi connectivity index (χ4n) is 3.85. The third kappa shape index (κ3) is 5.97. The Morgan fingerprint density at radius 2 is 2.09 bits per heavy atom. The normalized spacial score (nSPS) is 15.3. The number of carbonyl (C=O) groups excluding carboxylic acids is 1. The van der Waals surface area contributed by atoms with Gasteiger partial charge in [-0.1, -0.05) is 6.07 Å². The molecule has 4 rings (SSSR count). The first-order chi connectivity index (χ1) is 14.6. The van der Waals surface area contributed by atoms with Crippen LogP contribution in [-0.4, -0.2) is 38.3 Å². The van der Waals surface area contributed by atoms with Gasteiger partial charge in [0.15, 0.2) is 0 Å². The Morgan fingerprint density at radius 3 is 2.81 bits per heavy atom. The van der Waals surface area contributed by atoms with Crippen molar-refractivity contribution in [3.63, 3.8) is 0 Å². The van der Waals surface area contributed by atoms with E-state index in [4.69, 9.17) is 0 Å². The lowest BCUT2D eigenvalue weighted by Gasteiger charge is -2.23. The molecule has 32 heavy (non-hydrogen) atoms. The van der Waals surface area contributed by atoms with Crippen molar-refractivity contribution >= 4 is 36.5 Å². The standard InChI is InChI=1S/C22H26N6O2.2ClH/c1-16-7-11-27(14-17-4-2-8-23-12-17)22(30)20(16)21(29)26-19-6-10-25-28(19)15-18-5-3-9-24-13-18;;/h3,5-7,9-11,13,17,23H,2,4,8,12,14-15H2,1H3,(H,26,29);2*1H. The summed E-state index contributed by atoms with van der Waals surface area (Å²) in [4.78, 5) is 30.2. The van der Waals surface area contributed by atoms with Gasteiger partial charge in [-0.3, -0.25) is 14.6 Å². The number of rotatable bonds is 6. The molecule has 1 amide bonds. The van der Waals surface area contributed by atoms with Crippen molar-refractivity contribution in [2.45, 2.75) is 32.9 Å². The van der Waals surface area contributed by atoms with Crippen LogP contribution in [0.15, 0.2) is 53.8 Å². The van der Waals surface area contributed by atoms with Gasteiger partial charge < -0.3 is 15.2 Å². The lowest BCUT2D eigenvalue weighted by molar-refractivity contribution is 0.102. The van der Waals surface area contributed by atoms with Crippen LogP contribution in [-0.2, 0) is 13.1 Å². The van der Waals surface area contributed by atoms with E-state index in [0.717, 1.165) is 31.5 Å². The molecule has 0 radical (unpaired) electrons. The summed E-state index contributed by atoms with van der Waals surface area (Å²) in [7, 11) is 0. The topological polar surface area (TPSA) is 93.8 Å². The van der Waals surface area contributed by atoms with Gasteiger partial charge in [0.2, 0.25) is 0 Å². The van der Waals surface area contributed by atoms with Gasteiger partial charge in [-0.25, -0.2) is 4.68 Å². The first kappa shape index (κ1) is 25.6. The van der Waals surface area contributed by atoms with Crippen molar-refractivity contribution in [2.24, 2.45) is 5.92 Å². The molecule has 0 spiro atoms. The average molecular weight is 479 g/mol. The largest absolute Gasteiger partial charge is 0.316 e. The fourth-order valence-corrected chi connectivity index (χ4v) is 3.85. The average Bonchev–Trinajstić information content (AvgIpc) is 3.18. The Labute approximate surface area is 199 Å². The van der Waals surface area contributed by atoms with E-state index in [1.165, 1.54) is 0 Å². The quantitative estimate of drug-likeness (QED) is 0.567. The Hall–Kier alpha value is -2.68. The van der Waals surface area contributed by atoms with Crippen molar-refractivity contribution in [2.75, 3.05) is 18.4 Å². The predicted octanol–water partition coefficient (Wildman–Crippen LogP) is 2.89. The molecule has 172 valence electrons. The van der Waals surface area contributed by atoms with Crippen LogP contribution in [0.25, 0.3) is 0 Å². The van der Waals surface area contributed by atoms with Crippen molar-refractivity contribution in [3.8, 4) is 0 Å². The Balaban J connectivity index is 0.00000181. The molecule has 1 fully saturated rings. The number of hydrogen-bond acceptors (Lipinski definition) is 5. The second kappa shape index (κ2) is 11.8. The molecule has 4 heterocycles. The third-order valence-corrected chi connectivity index (χ3v) is 5.47. The van der Waals surface area contributed by atoms with E-state index in [9.17, 15) is 9.59 Å². The minimum Gasteiger partial charge on any atom is -0.316 e. The van der Waals surface area contributed by atoms with Gasteiger partial charge in [0.05, 0.1) is 12.7 Å². The first-order valence-electron chi connectivity index (χ1n) is 10.2. The van der Waals surface area contributed by atoms with Crippen molar-refractivity contribution in [1.82, 2.24) is 24.6 Å². The third-order valence-electron chi connectivity index (χ3n) is 5.47. The van der Waals surface area contributed by atoms with E-state index < -0.39 is 5.91 Å². The molecule has 3 aromatic rings. The SMILES string of the molecule is Cc1ccn(CC2CCCNC2)c(=O)c1C(=O)Nc1ccnn1Cc1cccnc1.Cl.Cl. The van der Waals surface area contributed by atoms with Gasteiger partial charge in [0.25, 0.3) is 11.5 Å². The first-order valence-corrected chi connectivity index (χ1v) is 10.2. The second-order valence-electron chi connectivity index (χ2n) is 7.73. The summed E-state index contributed by atoms with van der Waals surface area (Å²) >= 11 is 0. The number of carbonyl (C=O) groups is 1. The molecule has 3 aromatic heterocycles. The zero-order chi connectivity index (χ0) is 20.9. The zero-order valence-corrected chi connectivity index (χ0v) is 19.5. The molecule has 1 unspecified atom stereocenters. The molecule has 1 atom stereocenters. The Bertz CT molecular complexity index is 1080. The lowest BCUT2D eigenvalue weighted by Crippen LogP contribution is -2.36. The number of aryl methyl sites for hydroxylation is 1. The summed E-state index contributed by atoms with van der Waals surface area (Å²) in [5.74, 6) is 0.520. The number of nitrogens with zero attached hydrogens (tertiary/aromatic N) is 4. The van der Waals surface area contributed by atoms with E-state index in [-0.39, 0.29) is 35.9 Å². The monoisotopic (exact) mass is 478 g/mol. The number of halogens is 2. The summed E-state index contributed by atoms with van der Waals surface area (Å²) in [6.45, 7) is 4.80. The molecule has 2 N–H and O–H groups in total. The molecule has 1 aliphatic heterocycles. The minimum absolute atomic E-state index is 0. The van der Waals surface area contributed by atoms with Gasteiger partial charge in [0, 0.05) is 31.2 Å². The van der Waals surface area contributed by atoms with Crippen molar-refractivity contribution < 1.29 is 4.79 Å². The lowest BCUT2D eigenvalue weighted by atomic mass is 9.99. The zero-order valence-electron chi connectivity index (χ0n) is 17.9. The highest BCUT2D eigenvalue weighted by atomic mass is 35.5. The number of nitrogens with one attached hydrogen (secondary N) is 2. The van der Waals surface area contributed by atoms with E-state index in [1.807, 2.05) is 18.2 Å². The van der Waals surface area contributed by atoms with Crippen LogP contribution in [0, 0.1) is 12.8 Å². The molecule has 1 saturated heterocycles. The highest BCUT2D eigenvalue weighted by Gasteiger charge is 2.20. The van der Waals surface area contributed by atoms with Crippen LogP contribution in [0.2, 0.25) is 0 Å². The molecule has 0 aromatic carbocycles. The van der Waals surface area contributed by atoms with E-state index in [0.29, 0.717) is 30.4 Å². The Morgan fingerprint density at radius 1 is 1.25 bits per heavy atom. The predicted molar refractivity (Wildman–Crippen MR) is 129 cm³/mol. The molecule has 0 bridgehead atoms. The second-order valence-corrected chi connectivity index (χ2v) is 7.73. The van der Waals surface area contributed by atoms with Gasteiger partial charge >= 0.3 is 0 Å². The van der Waals surface area contributed by atoms with E-state index >= 15 is 0 Å². The Kier molecular flexibility index (Phi) is 9.43. The fraction of sp³-hybridized carbons (Fsp3) is 0.364. The molecule has 1 aliphatic rings. The van der Waals surface area contributed by atoms with E-state index in [2.05, 4.69) is 20.7 Å². The molecule has 0 saturated carbocycles. The van der Waals surface area contributed by atoms with Crippen LogP contribution < -0.4 is 16.2 Å². The highest BCUT2D eigenvalue weighted by Crippen LogP contribution is 2.14. The van der Waals surface area contributed by atoms with E-state index in [1.54, 1.807) is 47.0 Å². The molecule has 8 nitrogen and oxygen atoms in total. The number of hydrogen-bond donors (Lipinski definition) is 2. The number of piperidine rings is 1. The number of amides is 1. The number of anilines is 1. The minimum atomic E-state index is -0.415. The maximum Gasteiger partial charge on any atom is 0.263 e. The molecule has 0 aliphatic carbocycles. The van der Waals surface area contributed by atoms with Gasteiger partial charge in [0.1, 0.15) is 11.4 Å². The van der Waals surface area contributed by atoms with Crippen LogP contribution in [0.4, 0.5) is 5.82 Å². The maximum absolute atomic E-state index is 13.1. The van der Waals surface area contributed by atoms with Crippen LogP contribution in [0.1, 0.15) is 34.3 Å². The van der Waals surface area contributed by atoms with Crippen LogP contribution in [0.5, 0.6) is 0 Å². The van der Waals surface area contributed by atoms with Crippen molar-refractivity contribution in [1.29, 1.82) is 0 Å². The maximum atomic E-state index is 13.1. The molecular weight excluding hydrogens is 451 g/mol. The number of aromatic nitrogens is 4. The molecular formula is C22H28Cl2N6O2. The highest BCUT2D eigenvalue weighted by molar-refractivity contribution is 6.04. The smallest absolute Gasteiger partial charge is 0.263 e. The summed E-state index contributed by atoms with van der Waals surface area (Å²) in [6.07, 6.45) is 9.07. The molecule has 10 heteroatoms. The summed E-state index contributed by atoms with van der Waals surface area (Å²) in [5, 5.41) is 10.5.